The number of nitrogens with one attached hydrogen (secondary N) is 1. The zero-order chi connectivity index (χ0) is 13.1. The summed E-state index contributed by atoms with van der Waals surface area (Å²) < 4.78 is 48.6. The van der Waals surface area contributed by atoms with Crippen LogP contribution >= 0.6 is 11.6 Å². The number of carbonyl (C=O) groups excluding carboxylic acids is 1. The van der Waals surface area contributed by atoms with Gasteiger partial charge in [0, 0.05) is 12.4 Å². The van der Waals surface area contributed by atoms with E-state index in [9.17, 15) is 22.4 Å². The first-order valence-corrected chi connectivity index (χ1v) is 4.76. The third-order valence-corrected chi connectivity index (χ3v) is 2.15. The molecule has 0 spiro atoms. The van der Waals surface area contributed by atoms with Gasteiger partial charge in [0.1, 0.15) is 0 Å². The van der Waals surface area contributed by atoms with E-state index in [1.54, 1.807) is 5.32 Å². The Labute approximate surface area is 98.8 Å². The average Bonchev–Trinajstić information content (AvgIpc) is 2.26. The highest BCUT2D eigenvalue weighted by Crippen LogP contribution is 2.22. The third kappa shape index (κ3) is 3.55. The minimum absolute atomic E-state index is 0.00198. The molecule has 8 heteroatoms. The van der Waals surface area contributed by atoms with Crippen molar-refractivity contribution in [1.82, 2.24) is 10.3 Å². The molecule has 1 aromatic heterocycles. The molecule has 1 amide bonds. The van der Waals surface area contributed by atoms with Crippen LogP contribution in [0.15, 0.2) is 18.5 Å². The molecule has 3 nitrogen and oxygen atoms in total. The highest BCUT2D eigenvalue weighted by molar-refractivity contribution is 6.33. The van der Waals surface area contributed by atoms with Gasteiger partial charge in [-0.1, -0.05) is 11.6 Å². The number of hydrogen-bond acceptors (Lipinski definition) is 2. The summed E-state index contributed by atoms with van der Waals surface area (Å²) in [6, 6.07) is 1.28. The fourth-order valence-corrected chi connectivity index (χ4v) is 1.11. The number of nitrogens with zero attached hydrogens (tertiary/aromatic N) is 1. The number of pyridine rings is 1. The van der Waals surface area contributed by atoms with Gasteiger partial charge in [-0.3, -0.25) is 9.78 Å². The van der Waals surface area contributed by atoms with Crippen LogP contribution in [-0.4, -0.2) is 29.8 Å². The second kappa shape index (κ2) is 5.31. The molecule has 0 saturated carbocycles. The van der Waals surface area contributed by atoms with Crippen LogP contribution in [0.25, 0.3) is 0 Å². The van der Waals surface area contributed by atoms with E-state index in [1.807, 2.05) is 0 Å². The summed E-state index contributed by atoms with van der Waals surface area (Å²) in [7, 11) is 0. The van der Waals surface area contributed by atoms with Gasteiger partial charge in [-0.15, -0.1) is 0 Å². The first-order chi connectivity index (χ1) is 7.84. The normalized spacial score (nSPS) is 11.6. The maximum Gasteiger partial charge on any atom is 0.324 e. The molecule has 0 aliphatic rings. The molecule has 1 aromatic rings. The van der Waals surface area contributed by atoms with Gasteiger partial charge < -0.3 is 5.32 Å². The lowest BCUT2D eigenvalue weighted by Gasteiger charge is -2.15. The number of rotatable bonds is 4. The van der Waals surface area contributed by atoms with Crippen LogP contribution in [0.4, 0.5) is 17.6 Å². The Morgan fingerprint density at radius 2 is 2.18 bits per heavy atom. The fraction of sp³-hybridized carbons (Fsp3) is 0.333. The van der Waals surface area contributed by atoms with E-state index in [-0.39, 0.29) is 10.6 Å². The van der Waals surface area contributed by atoms with Crippen LogP contribution in [0.2, 0.25) is 5.02 Å². The van der Waals surface area contributed by atoms with E-state index < -0.39 is 24.8 Å². The molecule has 0 aliphatic heterocycles. The Morgan fingerprint density at radius 1 is 1.53 bits per heavy atom. The van der Waals surface area contributed by atoms with Crippen molar-refractivity contribution >= 4 is 17.5 Å². The zero-order valence-corrected chi connectivity index (χ0v) is 9.02. The molecule has 1 rings (SSSR count). The zero-order valence-electron chi connectivity index (χ0n) is 8.26. The first kappa shape index (κ1) is 13.7. The third-order valence-electron chi connectivity index (χ3n) is 1.82. The number of alkyl halides is 4. The summed E-state index contributed by atoms with van der Waals surface area (Å²) in [6.45, 7) is -1.46. The van der Waals surface area contributed by atoms with E-state index >= 15 is 0 Å². The number of halogens is 5. The summed E-state index contributed by atoms with van der Waals surface area (Å²) in [5, 5.41) is 1.67. The predicted molar refractivity (Wildman–Crippen MR) is 52.5 cm³/mol. The van der Waals surface area contributed by atoms with Crippen molar-refractivity contribution in [2.45, 2.75) is 12.3 Å². The monoisotopic (exact) mass is 270 g/mol. The summed E-state index contributed by atoms with van der Waals surface area (Å²) in [5.74, 6) is -5.26. The number of carbonyl (C=O) groups is 1. The Morgan fingerprint density at radius 3 is 2.71 bits per heavy atom. The maximum absolute atomic E-state index is 12.5. The molecule has 0 fully saturated rings. The lowest BCUT2D eigenvalue weighted by atomic mass is 10.2. The molecule has 0 radical (unpaired) electrons. The number of aromatic nitrogens is 1. The van der Waals surface area contributed by atoms with Crippen molar-refractivity contribution in [2.75, 3.05) is 6.54 Å². The van der Waals surface area contributed by atoms with Gasteiger partial charge in [0.05, 0.1) is 17.1 Å². The lowest BCUT2D eigenvalue weighted by molar-refractivity contribution is -0.123. The maximum atomic E-state index is 12.5. The topological polar surface area (TPSA) is 42.0 Å². The molecule has 0 bridgehead atoms. The molecule has 1 heterocycles. The molecule has 94 valence electrons. The molecular weight excluding hydrogens is 264 g/mol. The highest BCUT2D eigenvalue weighted by atomic mass is 35.5. The largest absolute Gasteiger partial charge is 0.346 e. The molecular formula is C9H7ClF4N2O. The van der Waals surface area contributed by atoms with Gasteiger partial charge in [0.2, 0.25) is 0 Å². The summed E-state index contributed by atoms with van der Waals surface area (Å²) in [6.07, 6.45) is -1.49. The van der Waals surface area contributed by atoms with Crippen LogP contribution in [0.5, 0.6) is 0 Å². The van der Waals surface area contributed by atoms with Crippen LogP contribution in [0.1, 0.15) is 10.4 Å². The average molecular weight is 271 g/mol. The van der Waals surface area contributed by atoms with Gasteiger partial charge in [-0.05, 0) is 6.07 Å². The number of amides is 1. The Balaban J connectivity index is 2.66. The van der Waals surface area contributed by atoms with Gasteiger partial charge in [0.25, 0.3) is 5.91 Å². The minimum Gasteiger partial charge on any atom is -0.346 e. The molecule has 0 unspecified atom stereocenters. The van der Waals surface area contributed by atoms with Crippen LogP contribution in [-0.2, 0) is 0 Å². The van der Waals surface area contributed by atoms with Gasteiger partial charge in [-0.25, -0.2) is 8.78 Å². The van der Waals surface area contributed by atoms with Crippen molar-refractivity contribution in [3.8, 4) is 0 Å². The van der Waals surface area contributed by atoms with E-state index in [0.717, 1.165) is 6.20 Å². The molecule has 1 N–H and O–H groups in total. The quantitative estimate of drug-likeness (QED) is 0.854. The molecule has 17 heavy (non-hydrogen) atoms. The summed E-state index contributed by atoms with van der Waals surface area (Å²) >= 11 is 5.60. The van der Waals surface area contributed by atoms with E-state index in [2.05, 4.69) is 4.98 Å². The van der Waals surface area contributed by atoms with Crippen molar-refractivity contribution in [3.05, 3.63) is 29.0 Å². The number of hydrogen-bond donors (Lipinski definition) is 1. The second-order valence-electron chi connectivity index (χ2n) is 3.10. The first-order valence-electron chi connectivity index (χ1n) is 4.38. The van der Waals surface area contributed by atoms with Crippen molar-refractivity contribution in [3.63, 3.8) is 0 Å². The molecule has 0 saturated heterocycles. The van der Waals surface area contributed by atoms with E-state index in [1.165, 1.54) is 12.3 Å². The van der Waals surface area contributed by atoms with E-state index in [0.29, 0.717) is 0 Å². The SMILES string of the molecule is O=C(NCC(F)(F)C(F)F)c1cnccc1Cl. The molecule has 0 atom stereocenters. The van der Waals surface area contributed by atoms with Crippen LogP contribution in [0.3, 0.4) is 0 Å². The Bertz CT molecular complexity index is 414. The summed E-state index contributed by atoms with van der Waals surface area (Å²) in [5.41, 5.74) is -0.153. The minimum atomic E-state index is -4.27. The predicted octanol–water partition coefficient (Wildman–Crippen LogP) is 2.37. The van der Waals surface area contributed by atoms with E-state index in [4.69, 9.17) is 11.6 Å². The van der Waals surface area contributed by atoms with Crippen molar-refractivity contribution < 1.29 is 22.4 Å². The fourth-order valence-electron chi connectivity index (χ4n) is 0.915. The van der Waals surface area contributed by atoms with Crippen LogP contribution < -0.4 is 5.32 Å². The Kier molecular flexibility index (Phi) is 4.28. The van der Waals surface area contributed by atoms with Gasteiger partial charge in [0.15, 0.2) is 0 Å². The lowest BCUT2D eigenvalue weighted by Crippen LogP contribution is -2.41. The van der Waals surface area contributed by atoms with Gasteiger partial charge in [-0.2, -0.15) is 8.78 Å². The van der Waals surface area contributed by atoms with Crippen molar-refractivity contribution in [2.24, 2.45) is 0 Å². The van der Waals surface area contributed by atoms with Gasteiger partial charge >= 0.3 is 12.3 Å². The van der Waals surface area contributed by atoms with Crippen LogP contribution in [0, 0.1) is 0 Å². The molecule has 0 aliphatic carbocycles. The Hall–Kier alpha value is -1.37. The summed E-state index contributed by atoms with van der Waals surface area (Å²) in [4.78, 5) is 14.9. The standard InChI is InChI=1S/C9H7ClF4N2O/c10-6-1-2-15-3-5(6)7(17)16-4-9(13,14)8(11)12/h1-3,8H,4H2,(H,16,17). The smallest absolute Gasteiger partial charge is 0.324 e. The second-order valence-corrected chi connectivity index (χ2v) is 3.51. The molecule has 0 aromatic carbocycles. The van der Waals surface area contributed by atoms with Crippen molar-refractivity contribution in [1.29, 1.82) is 0 Å². The highest BCUT2D eigenvalue weighted by Gasteiger charge is 2.40.